The first-order valence-corrected chi connectivity index (χ1v) is 6.94. The molecule has 0 aliphatic carbocycles. The molecular formula is C16H27NO. The Bertz CT molecular complexity index is 345. The summed E-state index contributed by atoms with van der Waals surface area (Å²) in [5.74, 6) is 1.04. The van der Waals surface area contributed by atoms with Gasteiger partial charge in [0.05, 0.1) is 0 Å². The molecule has 1 unspecified atom stereocenters. The summed E-state index contributed by atoms with van der Waals surface area (Å²) in [6, 6.07) is 7.58. The van der Waals surface area contributed by atoms with Crippen LogP contribution >= 0.6 is 0 Å². The van der Waals surface area contributed by atoms with Gasteiger partial charge < -0.3 is 10.4 Å². The molecule has 1 aromatic rings. The van der Waals surface area contributed by atoms with Gasteiger partial charge in [0.25, 0.3) is 0 Å². The highest BCUT2D eigenvalue weighted by molar-refractivity contribution is 5.26. The quantitative estimate of drug-likeness (QED) is 0.774. The minimum atomic E-state index is 0.284. The molecule has 0 radical (unpaired) electrons. The fraction of sp³-hybridized carbons (Fsp3) is 0.625. The van der Waals surface area contributed by atoms with Crippen LogP contribution in [0.25, 0.3) is 0 Å². The SMILES string of the molecule is CCC(C)(CNCC(C)C)Cc1ccc(O)cc1. The van der Waals surface area contributed by atoms with Gasteiger partial charge >= 0.3 is 0 Å². The Morgan fingerprint density at radius 1 is 1.22 bits per heavy atom. The molecule has 18 heavy (non-hydrogen) atoms. The maximum atomic E-state index is 9.30. The molecule has 1 atom stereocenters. The van der Waals surface area contributed by atoms with Crippen molar-refractivity contribution in [3.8, 4) is 5.75 Å². The smallest absolute Gasteiger partial charge is 0.115 e. The molecule has 0 aromatic heterocycles. The van der Waals surface area contributed by atoms with E-state index in [1.807, 2.05) is 12.1 Å². The number of rotatable bonds is 7. The summed E-state index contributed by atoms with van der Waals surface area (Å²) in [5, 5.41) is 12.9. The second kappa shape index (κ2) is 6.79. The average molecular weight is 249 g/mol. The van der Waals surface area contributed by atoms with Crippen LogP contribution < -0.4 is 5.32 Å². The van der Waals surface area contributed by atoms with E-state index in [1.165, 1.54) is 5.56 Å². The second-order valence-electron chi connectivity index (χ2n) is 6.03. The lowest BCUT2D eigenvalue weighted by atomic mass is 9.81. The van der Waals surface area contributed by atoms with Gasteiger partial charge in [-0.3, -0.25) is 0 Å². The summed E-state index contributed by atoms with van der Waals surface area (Å²) in [4.78, 5) is 0. The lowest BCUT2D eigenvalue weighted by Crippen LogP contribution is -2.35. The van der Waals surface area contributed by atoms with Crippen molar-refractivity contribution in [3.63, 3.8) is 0 Å². The van der Waals surface area contributed by atoms with Gasteiger partial charge in [-0.2, -0.15) is 0 Å². The van der Waals surface area contributed by atoms with Gasteiger partial charge in [-0.05, 0) is 48.4 Å². The van der Waals surface area contributed by atoms with Crippen LogP contribution in [0.2, 0.25) is 0 Å². The van der Waals surface area contributed by atoms with E-state index in [4.69, 9.17) is 0 Å². The van der Waals surface area contributed by atoms with Gasteiger partial charge in [0, 0.05) is 6.54 Å². The largest absolute Gasteiger partial charge is 0.508 e. The summed E-state index contributed by atoms with van der Waals surface area (Å²) in [6.45, 7) is 11.2. The van der Waals surface area contributed by atoms with Crippen LogP contribution in [0.1, 0.15) is 39.7 Å². The van der Waals surface area contributed by atoms with Gasteiger partial charge in [0.1, 0.15) is 5.75 Å². The van der Waals surface area contributed by atoms with E-state index in [2.05, 4.69) is 33.0 Å². The fourth-order valence-electron chi connectivity index (χ4n) is 2.08. The Morgan fingerprint density at radius 3 is 2.33 bits per heavy atom. The molecule has 0 aliphatic heterocycles. The third kappa shape index (κ3) is 5.09. The van der Waals surface area contributed by atoms with Crippen LogP contribution in [0.15, 0.2) is 24.3 Å². The zero-order chi connectivity index (χ0) is 13.6. The van der Waals surface area contributed by atoms with Crippen LogP contribution in [-0.2, 0) is 6.42 Å². The summed E-state index contributed by atoms with van der Waals surface area (Å²) in [5.41, 5.74) is 1.58. The van der Waals surface area contributed by atoms with E-state index in [0.717, 1.165) is 25.9 Å². The molecule has 2 nitrogen and oxygen atoms in total. The van der Waals surface area contributed by atoms with Crippen molar-refractivity contribution in [3.05, 3.63) is 29.8 Å². The van der Waals surface area contributed by atoms with E-state index in [0.29, 0.717) is 11.7 Å². The molecule has 0 saturated carbocycles. The molecule has 1 rings (SSSR count). The minimum absolute atomic E-state index is 0.284. The number of aromatic hydroxyl groups is 1. The van der Waals surface area contributed by atoms with Crippen LogP contribution in [0, 0.1) is 11.3 Å². The molecule has 0 saturated heterocycles. The average Bonchev–Trinajstić information content (AvgIpc) is 2.32. The van der Waals surface area contributed by atoms with Gasteiger partial charge in [-0.1, -0.05) is 39.8 Å². The Morgan fingerprint density at radius 2 is 1.83 bits per heavy atom. The highest BCUT2D eigenvalue weighted by Gasteiger charge is 2.22. The highest BCUT2D eigenvalue weighted by atomic mass is 16.3. The van der Waals surface area contributed by atoms with E-state index in [9.17, 15) is 5.11 Å². The fourth-order valence-corrected chi connectivity index (χ4v) is 2.08. The standard InChI is InChI=1S/C16H27NO/c1-5-16(4,12-17-11-13(2)3)10-14-6-8-15(18)9-7-14/h6-9,13,17-18H,5,10-12H2,1-4H3. The zero-order valence-corrected chi connectivity index (χ0v) is 12.2. The Balaban J connectivity index is 2.55. The molecule has 0 amide bonds. The number of phenolic OH excluding ortho intramolecular Hbond substituents is 1. The Hall–Kier alpha value is -1.02. The zero-order valence-electron chi connectivity index (χ0n) is 12.2. The predicted molar refractivity (Wildman–Crippen MR) is 77.9 cm³/mol. The third-order valence-electron chi connectivity index (χ3n) is 3.53. The number of benzene rings is 1. The number of phenols is 1. The van der Waals surface area contributed by atoms with Crippen LogP contribution in [-0.4, -0.2) is 18.2 Å². The predicted octanol–water partition coefficient (Wildman–Crippen LogP) is 3.60. The topological polar surface area (TPSA) is 32.3 Å². The van der Waals surface area contributed by atoms with Crippen LogP contribution in [0.5, 0.6) is 5.75 Å². The normalized spacial score (nSPS) is 14.7. The third-order valence-corrected chi connectivity index (χ3v) is 3.53. The van der Waals surface area contributed by atoms with E-state index in [-0.39, 0.29) is 5.41 Å². The molecule has 102 valence electrons. The number of hydrogen-bond donors (Lipinski definition) is 2. The van der Waals surface area contributed by atoms with Crippen LogP contribution in [0.4, 0.5) is 0 Å². The van der Waals surface area contributed by atoms with E-state index in [1.54, 1.807) is 12.1 Å². The molecule has 2 N–H and O–H groups in total. The second-order valence-corrected chi connectivity index (χ2v) is 6.03. The molecule has 0 spiro atoms. The lowest BCUT2D eigenvalue weighted by molar-refractivity contribution is 0.285. The number of hydrogen-bond acceptors (Lipinski definition) is 2. The van der Waals surface area contributed by atoms with E-state index < -0.39 is 0 Å². The first kappa shape index (κ1) is 15.0. The van der Waals surface area contributed by atoms with E-state index >= 15 is 0 Å². The molecule has 0 fully saturated rings. The molecule has 0 heterocycles. The lowest BCUT2D eigenvalue weighted by Gasteiger charge is -2.29. The van der Waals surface area contributed by atoms with Gasteiger partial charge in [-0.15, -0.1) is 0 Å². The van der Waals surface area contributed by atoms with Gasteiger partial charge in [-0.25, -0.2) is 0 Å². The number of nitrogens with one attached hydrogen (secondary N) is 1. The summed E-state index contributed by atoms with van der Waals surface area (Å²) < 4.78 is 0. The van der Waals surface area contributed by atoms with Crippen molar-refractivity contribution in [2.75, 3.05) is 13.1 Å². The van der Waals surface area contributed by atoms with Crippen molar-refractivity contribution >= 4 is 0 Å². The molecule has 0 bridgehead atoms. The minimum Gasteiger partial charge on any atom is -0.508 e. The van der Waals surface area contributed by atoms with Crippen molar-refractivity contribution in [1.29, 1.82) is 0 Å². The van der Waals surface area contributed by atoms with Gasteiger partial charge in [0.2, 0.25) is 0 Å². The first-order chi connectivity index (χ1) is 8.45. The summed E-state index contributed by atoms with van der Waals surface area (Å²) in [6.07, 6.45) is 2.20. The maximum absolute atomic E-state index is 9.30. The monoisotopic (exact) mass is 249 g/mol. The summed E-state index contributed by atoms with van der Waals surface area (Å²) in [7, 11) is 0. The maximum Gasteiger partial charge on any atom is 0.115 e. The Kier molecular flexibility index (Phi) is 5.67. The molecule has 1 aromatic carbocycles. The van der Waals surface area contributed by atoms with Gasteiger partial charge in [0.15, 0.2) is 0 Å². The molecule has 2 heteroatoms. The Labute approximate surface area is 111 Å². The highest BCUT2D eigenvalue weighted by Crippen LogP contribution is 2.26. The van der Waals surface area contributed by atoms with Crippen molar-refractivity contribution < 1.29 is 5.11 Å². The van der Waals surface area contributed by atoms with Crippen molar-refractivity contribution in [1.82, 2.24) is 5.32 Å². The van der Waals surface area contributed by atoms with Crippen molar-refractivity contribution in [2.45, 2.75) is 40.5 Å². The van der Waals surface area contributed by atoms with Crippen LogP contribution in [0.3, 0.4) is 0 Å². The summed E-state index contributed by atoms with van der Waals surface area (Å²) >= 11 is 0. The first-order valence-electron chi connectivity index (χ1n) is 6.94. The van der Waals surface area contributed by atoms with Crippen molar-refractivity contribution in [2.24, 2.45) is 11.3 Å². The molecular weight excluding hydrogens is 222 g/mol. The molecule has 0 aliphatic rings.